The highest BCUT2D eigenvalue weighted by Crippen LogP contribution is 2.37. The van der Waals surface area contributed by atoms with E-state index in [0.29, 0.717) is 28.5 Å². The van der Waals surface area contributed by atoms with Crippen molar-refractivity contribution in [1.82, 2.24) is 4.90 Å². The molecule has 8 heteroatoms. The van der Waals surface area contributed by atoms with Gasteiger partial charge in [-0.1, -0.05) is 12.1 Å². The van der Waals surface area contributed by atoms with Gasteiger partial charge in [0, 0.05) is 7.11 Å². The summed E-state index contributed by atoms with van der Waals surface area (Å²) in [5.41, 5.74) is 2.50. The third-order valence-electron chi connectivity index (χ3n) is 4.97. The van der Waals surface area contributed by atoms with E-state index in [1.807, 2.05) is 19.1 Å². The summed E-state index contributed by atoms with van der Waals surface area (Å²) in [7, 11) is 6.11. The molecule has 0 bridgehead atoms. The van der Waals surface area contributed by atoms with E-state index in [9.17, 15) is 9.59 Å². The van der Waals surface area contributed by atoms with Crippen LogP contribution in [0.1, 0.15) is 11.1 Å². The van der Waals surface area contributed by atoms with E-state index >= 15 is 0 Å². The SMILES string of the molecule is COCCN1C(=O)C(Nc2cc(C)ccc2OC)=C(c2ccc(OC)c(OC)c2)C1=O. The van der Waals surface area contributed by atoms with Crippen molar-refractivity contribution in [2.24, 2.45) is 0 Å². The molecule has 2 amide bonds. The minimum atomic E-state index is -0.435. The highest BCUT2D eigenvalue weighted by atomic mass is 16.5. The molecule has 1 aliphatic heterocycles. The second kappa shape index (κ2) is 9.53. The largest absolute Gasteiger partial charge is 0.495 e. The molecule has 31 heavy (non-hydrogen) atoms. The van der Waals surface area contributed by atoms with E-state index in [2.05, 4.69) is 5.32 Å². The number of benzene rings is 2. The number of hydrogen-bond donors (Lipinski definition) is 1. The Bertz CT molecular complexity index is 1030. The molecule has 0 fully saturated rings. The van der Waals surface area contributed by atoms with Crippen molar-refractivity contribution in [3.63, 3.8) is 0 Å². The summed E-state index contributed by atoms with van der Waals surface area (Å²) in [5.74, 6) is 0.685. The van der Waals surface area contributed by atoms with Crippen molar-refractivity contribution in [3.8, 4) is 17.2 Å². The molecule has 0 saturated carbocycles. The molecule has 0 saturated heterocycles. The quantitative estimate of drug-likeness (QED) is 0.617. The van der Waals surface area contributed by atoms with Gasteiger partial charge in [-0.3, -0.25) is 14.5 Å². The van der Waals surface area contributed by atoms with E-state index in [0.717, 1.165) is 5.56 Å². The first-order valence-electron chi connectivity index (χ1n) is 9.68. The summed E-state index contributed by atoms with van der Waals surface area (Å²) in [6.45, 7) is 2.31. The Hall–Kier alpha value is -3.52. The number of methoxy groups -OCH3 is 4. The minimum absolute atomic E-state index is 0.140. The fraction of sp³-hybridized carbons (Fsp3) is 0.304. The number of carbonyl (C=O) groups excluding carboxylic acids is 2. The maximum atomic E-state index is 13.2. The fourth-order valence-electron chi connectivity index (χ4n) is 3.39. The molecule has 1 heterocycles. The predicted octanol–water partition coefficient (Wildman–Crippen LogP) is 2.86. The first-order chi connectivity index (χ1) is 14.9. The van der Waals surface area contributed by atoms with Gasteiger partial charge in [0.1, 0.15) is 11.4 Å². The monoisotopic (exact) mass is 426 g/mol. The lowest BCUT2D eigenvalue weighted by atomic mass is 10.0. The number of ether oxygens (including phenoxy) is 4. The Morgan fingerprint density at radius 1 is 0.839 bits per heavy atom. The van der Waals surface area contributed by atoms with E-state index in [-0.39, 0.29) is 24.4 Å². The molecular weight excluding hydrogens is 400 g/mol. The van der Waals surface area contributed by atoms with E-state index in [1.165, 1.54) is 26.2 Å². The van der Waals surface area contributed by atoms with Crippen molar-refractivity contribution in [3.05, 3.63) is 53.2 Å². The summed E-state index contributed by atoms with van der Waals surface area (Å²) in [4.78, 5) is 27.6. The summed E-state index contributed by atoms with van der Waals surface area (Å²) >= 11 is 0. The number of anilines is 1. The Morgan fingerprint density at radius 2 is 1.52 bits per heavy atom. The first kappa shape index (κ1) is 22.2. The lowest BCUT2D eigenvalue weighted by molar-refractivity contribution is -0.137. The zero-order chi connectivity index (χ0) is 22.5. The Kier molecular flexibility index (Phi) is 6.81. The van der Waals surface area contributed by atoms with Crippen LogP contribution in [0.2, 0.25) is 0 Å². The van der Waals surface area contributed by atoms with Crippen LogP contribution < -0.4 is 19.5 Å². The van der Waals surface area contributed by atoms with E-state index in [1.54, 1.807) is 31.4 Å². The normalized spacial score (nSPS) is 13.6. The van der Waals surface area contributed by atoms with Gasteiger partial charge in [-0.15, -0.1) is 0 Å². The zero-order valence-corrected chi connectivity index (χ0v) is 18.3. The predicted molar refractivity (Wildman–Crippen MR) is 116 cm³/mol. The first-order valence-corrected chi connectivity index (χ1v) is 9.68. The number of hydrogen-bond acceptors (Lipinski definition) is 7. The number of rotatable bonds is 9. The molecule has 0 unspecified atom stereocenters. The summed E-state index contributed by atoms with van der Waals surface area (Å²) in [6.07, 6.45) is 0. The number of amides is 2. The fourth-order valence-corrected chi connectivity index (χ4v) is 3.39. The molecule has 1 aliphatic rings. The Morgan fingerprint density at radius 3 is 2.16 bits per heavy atom. The molecule has 0 aliphatic carbocycles. The molecule has 0 aromatic heterocycles. The minimum Gasteiger partial charge on any atom is -0.495 e. The maximum absolute atomic E-state index is 13.2. The molecule has 0 radical (unpaired) electrons. The summed E-state index contributed by atoms with van der Waals surface area (Å²) in [6, 6.07) is 10.7. The number of imide groups is 1. The van der Waals surface area contributed by atoms with Gasteiger partial charge in [0.05, 0.1) is 45.7 Å². The van der Waals surface area contributed by atoms with Crippen LogP contribution in [0.3, 0.4) is 0 Å². The van der Waals surface area contributed by atoms with Gasteiger partial charge in [0.2, 0.25) is 0 Å². The summed E-state index contributed by atoms with van der Waals surface area (Å²) < 4.78 is 21.2. The van der Waals surface area contributed by atoms with Crippen LogP contribution in [0.15, 0.2) is 42.1 Å². The van der Waals surface area contributed by atoms with Crippen LogP contribution in [0.4, 0.5) is 5.69 Å². The van der Waals surface area contributed by atoms with Crippen LogP contribution in [0.25, 0.3) is 5.57 Å². The smallest absolute Gasteiger partial charge is 0.278 e. The lowest BCUT2D eigenvalue weighted by Gasteiger charge is -2.15. The summed E-state index contributed by atoms with van der Waals surface area (Å²) in [5, 5.41) is 3.13. The molecule has 2 aromatic carbocycles. The highest BCUT2D eigenvalue weighted by molar-refractivity contribution is 6.36. The van der Waals surface area contributed by atoms with Crippen molar-refractivity contribution in [2.75, 3.05) is 46.9 Å². The molecule has 2 aromatic rings. The van der Waals surface area contributed by atoms with E-state index in [4.69, 9.17) is 18.9 Å². The topological polar surface area (TPSA) is 86.3 Å². The maximum Gasteiger partial charge on any atom is 0.278 e. The molecule has 3 rings (SSSR count). The number of aryl methyl sites for hydroxylation is 1. The van der Waals surface area contributed by atoms with Gasteiger partial charge in [-0.2, -0.15) is 0 Å². The Balaban J connectivity index is 2.13. The second-order valence-electron chi connectivity index (χ2n) is 6.90. The Labute approximate surface area is 181 Å². The third kappa shape index (κ3) is 4.34. The standard InChI is InChI=1S/C23H26N2O6/c1-14-6-8-17(29-3)16(12-14)24-21-20(22(26)25(23(21)27)10-11-28-2)15-7-9-18(30-4)19(13-15)31-5/h6-9,12-13,24H,10-11H2,1-5H3. The van der Waals surface area contributed by atoms with Crippen LogP contribution in [-0.2, 0) is 14.3 Å². The van der Waals surface area contributed by atoms with Gasteiger partial charge in [-0.05, 0) is 42.3 Å². The van der Waals surface area contributed by atoms with Crippen LogP contribution >= 0.6 is 0 Å². The van der Waals surface area contributed by atoms with Crippen molar-refractivity contribution in [1.29, 1.82) is 0 Å². The van der Waals surface area contributed by atoms with Gasteiger partial charge in [-0.25, -0.2) is 0 Å². The van der Waals surface area contributed by atoms with Crippen molar-refractivity contribution in [2.45, 2.75) is 6.92 Å². The number of nitrogens with one attached hydrogen (secondary N) is 1. The molecule has 164 valence electrons. The second-order valence-corrected chi connectivity index (χ2v) is 6.90. The number of carbonyl (C=O) groups is 2. The van der Waals surface area contributed by atoms with Gasteiger partial charge in [0.15, 0.2) is 11.5 Å². The average Bonchev–Trinajstić information content (AvgIpc) is 3.01. The lowest BCUT2D eigenvalue weighted by Crippen LogP contribution is -2.35. The molecule has 0 atom stereocenters. The molecule has 1 N–H and O–H groups in total. The van der Waals surface area contributed by atoms with Gasteiger partial charge >= 0.3 is 0 Å². The van der Waals surface area contributed by atoms with Crippen molar-refractivity contribution < 1.29 is 28.5 Å². The van der Waals surface area contributed by atoms with Crippen LogP contribution in [-0.4, -0.2) is 58.3 Å². The highest BCUT2D eigenvalue weighted by Gasteiger charge is 2.39. The third-order valence-corrected chi connectivity index (χ3v) is 4.97. The van der Waals surface area contributed by atoms with Gasteiger partial charge in [0.25, 0.3) is 11.8 Å². The zero-order valence-electron chi connectivity index (χ0n) is 18.3. The number of nitrogens with zero attached hydrogens (tertiary/aromatic N) is 1. The van der Waals surface area contributed by atoms with E-state index < -0.39 is 11.8 Å². The van der Waals surface area contributed by atoms with Crippen molar-refractivity contribution >= 4 is 23.1 Å². The molecule has 0 spiro atoms. The van der Waals surface area contributed by atoms with Crippen LogP contribution in [0, 0.1) is 6.92 Å². The molecular formula is C23H26N2O6. The molecule has 8 nitrogen and oxygen atoms in total. The van der Waals surface area contributed by atoms with Crippen LogP contribution in [0.5, 0.6) is 17.2 Å². The average molecular weight is 426 g/mol. The van der Waals surface area contributed by atoms with Gasteiger partial charge < -0.3 is 24.3 Å².